The summed E-state index contributed by atoms with van der Waals surface area (Å²) in [4.78, 5) is 22.5. The number of morpholine rings is 1. The normalized spacial score (nSPS) is 21.2. The molecule has 7 heteroatoms. The zero-order valence-electron chi connectivity index (χ0n) is 13.3. The van der Waals surface area contributed by atoms with E-state index in [2.05, 4.69) is 15.3 Å². The van der Waals surface area contributed by atoms with Gasteiger partial charge in [0.1, 0.15) is 12.1 Å². The van der Waals surface area contributed by atoms with E-state index in [-0.39, 0.29) is 18.2 Å². The molecule has 0 unspecified atom stereocenters. The molecule has 2 atom stereocenters. The Morgan fingerprint density at radius 2 is 2.30 bits per heavy atom. The minimum atomic E-state index is -0.0636. The molecule has 0 spiro atoms. The lowest BCUT2D eigenvalue weighted by atomic mass is 10.1. The lowest BCUT2D eigenvalue weighted by molar-refractivity contribution is -0.0376. The minimum Gasteiger partial charge on any atom is -0.375 e. The Labute approximate surface area is 135 Å². The molecule has 0 saturated carbocycles. The Kier molecular flexibility index (Phi) is 4.57. The fraction of sp³-hybridized carbons (Fsp3) is 0.438. The first-order valence-corrected chi connectivity index (χ1v) is 7.74. The van der Waals surface area contributed by atoms with Crippen LogP contribution < -0.4 is 5.32 Å². The van der Waals surface area contributed by atoms with Gasteiger partial charge in [-0.15, -0.1) is 0 Å². The molecule has 1 aliphatic rings. The molecule has 0 radical (unpaired) electrons. The molecule has 1 N–H and O–H groups in total. The molecule has 0 bridgehead atoms. The number of nitrogens with one attached hydrogen (secondary N) is 1. The second-order valence-electron chi connectivity index (χ2n) is 5.66. The van der Waals surface area contributed by atoms with Crippen molar-refractivity contribution in [1.29, 1.82) is 0 Å². The predicted octanol–water partition coefficient (Wildman–Crippen LogP) is 1.59. The second-order valence-corrected chi connectivity index (χ2v) is 5.66. The molecule has 122 valence electrons. The molecule has 1 aliphatic heterocycles. The SMILES string of the molecule is C[C@@H]1OCCN(C(=O)NCc2ccc(-n3ccnc3)nc2)[C@H]1C. The van der Waals surface area contributed by atoms with Gasteiger partial charge < -0.3 is 15.0 Å². The van der Waals surface area contributed by atoms with E-state index < -0.39 is 0 Å². The summed E-state index contributed by atoms with van der Waals surface area (Å²) in [5, 5.41) is 2.95. The molecule has 2 aromatic heterocycles. The number of imidazole rings is 1. The third-order valence-corrected chi connectivity index (χ3v) is 4.17. The summed E-state index contributed by atoms with van der Waals surface area (Å²) in [5.41, 5.74) is 0.955. The van der Waals surface area contributed by atoms with Crippen molar-refractivity contribution in [3.8, 4) is 5.82 Å². The van der Waals surface area contributed by atoms with E-state index in [0.717, 1.165) is 11.4 Å². The maximum atomic E-state index is 12.3. The van der Waals surface area contributed by atoms with Gasteiger partial charge in [0.2, 0.25) is 0 Å². The van der Waals surface area contributed by atoms with Gasteiger partial charge >= 0.3 is 6.03 Å². The number of carbonyl (C=O) groups is 1. The van der Waals surface area contributed by atoms with E-state index in [9.17, 15) is 4.79 Å². The van der Waals surface area contributed by atoms with E-state index in [1.807, 2.05) is 41.6 Å². The summed E-state index contributed by atoms with van der Waals surface area (Å²) >= 11 is 0. The fourth-order valence-electron chi connectivity index (χ4n) is 2.57. The van der Waals surface area contributed by atoms with Crippen LogP contribution >= 0.6 is 0 Å². The molecule has 7 nitrogen and oxygen atoms in total. The minimum absolute atomic E-state index is 0.0608. The van der Waals surface area contributed by atoms with Gasteiger partial charge in [0, 0.05) is 31.7 Å². The third-order valence-electron chi connectivity index (χ3n) is 4.17. The van der Waals surface area contributed by atoms with Gasteiger partial charge in [0.25, 0.3) is 0 Å². The second kappa shape index (κ2) is 6.78. The monoisotopic (exact) mass is 315 g/mol. The molecular formula is C16H21N5O2. The maximum Gasteiger partial charge on any atom is 0.318 e. The summed E-state index contributed by atoms with van der Waals surface area (Å²) in [7, 11) is 0. The van der Waals surface area contributed by atoms with Gasteiger partial charge in [-0.05, 0) is 25.5 Å². The van der Waals surface area contributed by atoms with E-state index in [1.165, 1.54) is 0 Å². The molecule has 2 aromatic rings. The van der Waals surface area contributed by atoms with Crippen molar-refractivity contribution >= 4 is 6.03 Å². The Morgan fingerprint density at radius 1 is 1.43 bits per heavy atom. The van der Waals surface area contributed by atoms with Crippen molar-refractivity contribution in [1.82, 2.24) is 24.8 Å². The first-order chi connectivity index (χ1) is 11.1. The van der Waals surface area contributed by atoms with Crippen LogP contribution in [-0.2, 0) is 11.3 Å². The topological polar surface area (TPSA) is 72.3 Å². The van der Waals surface area contributed by atoms with Crippen LogP contribution in [0.15, 0.2) is 37.1 Å². The smallest absolute Gasteiger partial charge is 0.318 e. The van der Waals surface area contributed by atoms with Crippen molar-refractivity contribution in [3.05, 3.63) is 42.6 Å². The Hall–Kier alpha value is -2.41. The average Bonchev–Trinajstić information content (AvgIpc) is 3.10. The maximum absolute atomic E-state index is 12.3. The predicted molar refractivity (Wildman–Crippen MR) is 85.2 cm³/mol. The van der Waals surface area contributed by atoms with E-state index >= 15 is 0 Å². The molecule has 3 heterocycles. The number of nitrogens with zero attached hydrogens (tertiary/aromatic N) is 4. The van der Waals surface area contributed by atoms with Crippen LogP contribution in [-0.4, -0.2) is 50.8 Å². The number of pyridine rings is 1. The number of ether oxygens (including phenoxy) is 1. The molecule has 23 heavy (non-hydrogen) atoms. The fourth-order valence-corrected chi connectivity index (χ4v) is 2.57. The van der Waals surface area contributed by atoms with Crippen LogP contribution in [0.1, 0.15) is 19.4 Å². The number of hydrogen-bond donors (Lipinski definition) is 1. The van der Waals surface area contributed by atoms with Crippen LogP contribution in [0.2, 0.25) is 0 Å². The highest BCUT2D eigenvalue weighted by atomic mass is 16.5. The summed E-state index contributed by atoms with van der Waals surface area (Å²) in [6.45, 7) is 5.65. The number of urea groups is 1. The number of amides is 2. The number of carbonyl (C=O) groups excluding carboxylic acids is 1. The van der Waals surface area contributed by atoms with Gasteiger partial charge in [-0.2, -0.15) is 0 Å². The van der Waals surface area contributed by atoms with Crippen molar-refractivity contribution in [2.75, 3.05) is 13.2 Å². The highest BCUT2D eigenvalue weighted by Crippen LogP contribution is 2.13. The van der Waals surface area contributed by atoms with Gasteiger partial charge in [0.05, 0.1) is 18.8 Å². The third kappa shape index (κ3) is 3.50. The quantitative estimate of drug-likeness (QED) is 0.933. The molecule has 2 amide bonds. The zero-order valence-corrected chi connectivity index (χ0v) is 13.3. The number of aromatic nitrogens is 3. The van der Waals surface area contributed by atoms with Crippen LogP contribution in [0.4, 0.5) is 4.79 Å². The first-order valence-electron chi connectivity index (χ1n) is 7.74. The van der Waals surface area contributed by atoms with Crippen LogP contribution in [0.5, 0.6) is 0 Å². The summed E-state index contributed by atoms with van der Waals surface area (Å²) < 4.78 is 7.38. The lowest BCUT2D eigenvalue weighted by Gasteiger charge is -2.37. The molecule has 0 aromatic carbocycles. The lowest BCUT2D eigenvalue weighted by Crippen LogP contribution is -2.54. The summed E-state index contributed by atoms with van der Waals surface area (Å²) in [5.74, 6) is 0.799. The standard InChI is InChI=1S/C16H21N5O2/c1-12-13(2)23-8-7-21(12)16(22)19-10-14-3-4-15(18-9-14)20-6-5-17-11-20/h3-6,9,11-13H,7-8,10H2,1-2H3,(H,19,22)/t12-,13-/m0/s1. The van der Waals surface area contributed by atoms with Crippen molar-refractivity contribution in [3.63, 3.8) is 0 Å². The van der Waals surface area contributed by atoms with Gasteiger partial charge in [-0.25, -0.2) is 14.8 Å². The van der Waals surface area contributed by atoms with Crippen molar-refractivity contribution in [2.45, 2.75) is 32.5 Å². The zero-order chi connectivity index (χ0) is 16.2. The van der Waals surface area contributed by atoms with Gasteiger partial charge in [-0.3, -0.25) is 4.57 Å². The Morgan fingerprint density at radius 3 is 3.00 bits per heavy atom. The Bertz CT molecular complexity index is 641. The molecule has 3 rings (SSSR count). The summed E-state index contributed by atoms with van der Waals surface area (Å²) in [6, 6.07) is 3.87. The van der Waals surface area contributed by atoms with Crippen molar-refractivity contribution in [2.24, 2.45) is 0 Å². The van der Waals surface area contributed by atoms with E-state index in [0.29, 0.717) is 19.7 Å². The van der Waals surface area contributed by atoms with Crippen molar-refractivity contribution < 1.29 is 9.53 Å². The van der Waals surface area contributed by atoms with Crippen LogP contribution in [0, 0.1) is 0 Å². The number of rotatable bonds is 3. The largest absolute Gasteiger partial charge is 0.375 e. The number of hydrogen-bond acceptors (Lipinski definition) is 4. The molecule has 0 aliphatic carbocycles. The average molecular weight is 315 g/mol. The van der Waals surface area contributed by atoms with Crippen LogP contribution in [0.25, 0.3) is 5.82 Å². The highest BCUT2D eigenvalue weighted by Gasteiger charge is 2.28. The molecule has 1 saturated heterocycles. The highest BCUT2D eigenvalue weighted by molar-refractivity contribution is 5.74. The molecule has 1 fully saturated rings. The van der Waals surface area contributed by atoms with E-state index in [1.54, 1.807) is 18.7 Å². The van der Waals surface area contributed by atoms with E-state index in [4.69, 9.17) is 4.74 Å². The summed E-state index contributed by atoms with van der Waals surface area (Å²) in [6.07, 6.45) is 7.07. The Balaban J connectivity index is 1.56. The van der Waals surface area contributed by atoms with Gasteiger partial charge in [-0.1, -0.05) is 6.07 Å². The van der Waals surface area contributed by atoms with Gasteiger partial charge in [0.15, 0.2) is 0 Å². The van der Waals surface area contributed by atoms with Crippen LogP contribution in [0.3, 0.4) is 0 Å². The first kappa shape index (κ1) is 15.5. The molecular weight excluding hydrogens is 294 g/mol.